The van der Waals surface area contributed by atoms with E-state index in [0.717, 1.165) is 22.9 Å². The minimum absolute atomic E-state index is 0.0452. The van der Waals surface area contributed by atoms with Gasteiger partial charge in [-0.2, -0.15) is 11.8 Å². The van der Waals surface area contributed by atoms with Crippen LogP contribution in [-0.4, -0.2) is 39.4 Å². The van der Waals surface area contributed by atoms with Crippen LogP contribution in [0.4, 0.5) is 0 Å². The number of esters is 1. The molecule has 3 aliphatic rings. The van der Waals surface area contributed by atoms with Gasteiger partial charge in [0.25, 0.3) is 0 Å². The molecule has 5 nitrogen and oxygen atoms in total. The van der Waals surface area contributed by atoms with E-state index in [2.05, 4.69) is 0 Å². The molecule has 2 unspecified atom stereocenters. The molecule has 1 spiro atoms. The van der Waals surface area contributed by atoms with E-state index in [9.17, 15) is 19.2 Å². The smallest absolute Gasteiger partial charge is 0.303 e. The predicted octanol–water partition coefficient (Wildman–Crippen LogP) is 4.47. The van der Waals surface area contributed by atoms with Crippen LogP contribution in [0.15, 0.2) is 47.5 Å². The lowest BCUT2D eigenvalue weighted by Gasteiger charge is -2.46. The first-order valence-corrected chi connectivity index (χ1v) is 11.5. The van der Waals surface area contributed by atoms with Gasteiger partial charge in [0.2, 0.25) is 0 Å². The molecule has 1 saturated heterocycles. The second-order valence-corrected chi connectivity index (χ2v) is 10.2. The van der Waals surface area contributed by atoms with Gasteiger partial charge < -0.3 is 4.74 Å². The van der Waals surface area contributed by atoms with Crippen molar-refractivity contribution in [2.75, 3.05) is 5.75 Å². The number of carbonyl (C=O) groups is 4. The molecule has 0 radical (unpaired) electrons. The third kappa shape index (κ3) is 2.92. The Kier molecular flexibility index (Phi) is 4.49. The summed E-state index contributed by atoms with van der Waals surface area (Å²) in [6.45, 7) is 2.68. The molecule has 0 aromatic heterocycles. The first-order chi connectivity index (χ1) is 14.8. The minimum atomic E-state index is -1.41. The van der Waals surface area contributed by atoms with E-state index in [1.54, 1.807) is 23.9 Å². The molecule has 0 saturated carbocycles. The lowest BCUT2D eigenvalue weighted by atomic mass is 9.64. The lowest BCUT2D eigenvalue weighted by molar-refractivity contribution is -0.166. The summed E-state index contributed by atoms with van der Waals surface area (Å²) in [4.78, 5) is 52.2. The van der Waals surface area contributed by atoms with E-state index in [4.69, 9.17) is 4.74 Å². The molecule has 158 valence electrons. The maximum Gasteiger partial charge on any atom is 0.303 e. The molecule has 2 atom stereocenters. The van der Waals surface area contributed by atoms with E-state index in [1.165, 1.54) is 13.8 Å². The molecule has 6 heteroatoms. The van der Waals surface area contributed by atoms with Gasteiger partial charge in [0.1, 0.15) is 0 Å². The molecule has 2 aliphatic carbocycles. The Morgan fingerprint density at radius 2 is 1.65 bits per heavy atom. The van der Waals surface area contributed by atoms with Crippen LogP contribution < -0.4 is 0 Å². The number of ketones is 3. The zero-order valence-electron chi connectivity index (χ0n) is 17.4. The maximum absolute atomic E-state index is 13.8. The number of carbonyl (C=O) groups excluding carboxylic acids is 4. The summed E-state index contributed by atoms with van der Waals surface area (Å²) >= 11 is 1.61. The Labute approximate surface area is 184 Å². The van der Waals surface area contributed by atoms with Crippen LogP contribution in [-0.2, 0) is 14.3 Å². The van der Waals surface area contributed by atoms with Crippen molar-refractivity contribution >= 4 is 45.9 Å². The average molecular weight is 435 g/mol. The Morgan fingerprint density at radius 1 is 1.00 bits per heavy atom. The van der Waals surface area contributed by atoms with Gasteiger partial charge in [-0.1, -0.05) is 24.3 Å². The summed E-state index contributed by atoms with van der Waals surface area (Å²) in [6, 6.07) is 11.2. The third-order valence-electron chi connectivity index (χ3n) is 6.75. The Morgan fingerprint density at radius 3 is 2.19 bits per heavy atom. The van der Waals surface area contributed by atoms with Crippen molar-refractivity contribution in [1.82, 2.24) is 0 Å². The van der Waals surface area contributed by atoms with Crippen molar-refractivity contribution in [1.29, 1.82) is 0 Å². The highest BCUT2D eigenvalue weighted by Gasteiger charge is 2.58. The molecule has 1 fully saturated rings. The highest BCUT2D eigenvalue weighted by Crippen LogP contribution is 2.57. The fourth-order valence-electron chi connectivity index (χ4n) is 5.41. The van der Waals surface area contributed by atoms with Crippen LogP contribution in [0, 0.1) is 0 Å². The van der Waals surface area contributed by atoms with E-state index < -0.39 is 16.3 Å². The van der Waals surface area contributed by atoms with E-state index in [0.29, 0.717) is 28.7 Å². The van der Waals surface area contributed by atoms with Gasteiger partial charge in [0.05, 0.1) is 0 Å². The molecule has 1 heterocycles. The van der Waals surface area contributed by atoms with Crippen molar-refractivity contribution in [3.8, 4) is 0 Å². The highest BCUT2D eigenvalue weighted by molar-refractivity contribution is 8.01. The number of Topliss-reactive ketones (excluding diaryl/α,β-unsaturated/α-hetero) is 3. The van der Waals surface area contributed by atoms with E-state index in [1.807, 2.05) is 24.3 Å². The normalized spacial score (nSPS) is 27.4. The zero-order valence-corrected chi connectivity index (χ0v) is 18.3. The van der Waals surface area contributed by atoms with Gasteiger partial charge in [0.15, 0.2) is 23.0 Å². The van der Waals surface area contributed by atoms with Gasteiger partial charge in [0, 0.05) is 46.8 Å². The highest BCUT2D eigenvalue weighted by atomic mass is 32.2. The second-order valence-electron chi connectivity index (χ2n) is 8.70. The van der Waals surface area contributed by atoms with Gasteiger partial charge in [-0.05, 0) is 48.4 Å². The molecule has 2 aromatic rings. The molecule has 5 rings (SSSR count). The van der Waals surface area contributed by atoms with Crippen LogP contribution >= 0.6 is 11.8 Å². The summed E-state index contributed by atoms with van der Waals surface area (Å²) in [5.74, 6) is -0.384. The molecule has 0 bridgehead atoms. The van der Waals surface area contributed by atoms with Crippen molar-refractivity contribution in [3.05, 3.63) is 58.7 Å². The van der Waals surface area contributed by atoms with Crippen LogP contribution in [0.25, 0.3) is 10.8 Å². The first-order valence-electron chi connectivity index (χ1n) is 10.5. The molecule has 31 heavy (non-hydrogen) atoms. The molecular weight excluding hydrogens is 412 g/mol. The maximum atomic E-state index is 13.8. The third-order valence-corrected chi connectivity index (χ3v) is 8.35. The summed E-state index contributed by atoms with van der Waals surface area (Å²) in [5, 5.41) is 1.79. The molecule has 0 N–H and O–H groups in total. The fraction of sp³-hybridized carbons (Fsp3) is 0.360. The minimum Gasteiger partial charge on any atom is -0.451 e. The van der Waals surface area contributed by atoms with Crippen molar-refractivity contribution in [2.24, 2.45) is 0 Å². The van der Waals surface area contributed by atoms with E-state index >= 15 is 0 Å². The molecule has 0 amide bonds. The van der Waals surface area contributed by atoms with Gasteiger partial charge in [-0.15, -0.1) is 0 Å². The van der Waals surface area contributed by atoms with Gasteiger partial charge in [-0.3, -0.25) is 19.2 Å². The number of hydrogen-bond acceptors (Lipinski definition) is 6. The SMILES string of the molecule is CC(=O)OC1(C(C)=O)CC2=C(C(=O)c3cc4ccccc4cc3C2=O)C2(CCCS2)C1. The van der Waals surface area contributed by atoms with E-state index in [-0.39, 0.29) is 30.2 Å². The zero-order chi connectivity index (χ0) is 22.0. The summed E-state index contributed by atoms with van der Waals surface area (Å²) in [5.41, 5.74) is 0.239. The topological polar surface area (TPSA) is 77.5 Å². The standard InChI is InChI=1S/C25H22O5S/c1-14(26)24(30-15(2)27)12-20-21(25(13-24)8-5-9-31-25)23(29)19-11-17-7-4-3-6-16(17)10-18(19)22(20)28/h3-4,6-7,10-11H,5,8-9,12-13H2,1-2H3. The quantitative estimate of drug-likeness (QED) is 0.649. The summed E-state index contributed by atoms with van der Waals surface area (Å²) in [7, 11) is 0. The average Bonchev–Trinajstić information content (AvgIpc) is 3.18. The second kappa shape index (κ2) is 6.89. The van der Waals surface area contributed by atoms with Crippen molar-refractivity contribution < 1.29 is 23.9 Å². The Bertz CT molecular complexity index is 1220. The number of thioether (sulfide) groups is 1. The lowest BCUT2D eigenvalue weighted by Crippen LogP contribution is -2.54. The summed E-state index contributed by atoms with van der Waals surface area (Å²) in [6.07, 6.45) is 1.74. The molecule has 1 aliphatic heterocycles. The van der Waals surface area contributed by atoms with Crippen LogP contribution in [0.3, 0.4) is 0 Å². The number of fused-ring (bicyclic) bond motifs is 3. The van der Waals surface area contributed by atoms with Gasteiger partial charge >= 0.3 is 5.97 Å². The molecular formula is C25H22O5S. The number of ether oxygens (including phenoxy) is 1. The fourth-order valence-corrected chi connectivity index (χ4v) is 7.08. The van der Waals surface area contributed by atoms with Crippen molar-refractivity contribution in [3.63, 3.8) is 0 Å². The van der Waals surface area contributed by atoms with Crippen LogP contribution in [0.1, 0.15) is 60.2 Å². The predicted molar refractivity (Wildman–Crippen MR) is 118 cm³/mol. The Hall–Kier alpha value is -2.73. The monoisotopic (exact) mass is 434 g/mol. The largest absolute Gasteiger partial charge is 0.451 e. The summed E-state index contributed by atoms with van der Waals surface area (Å²) < 4.78 is 4.93. The Balaban J connectivity index is 1.74. The van der Waals surface area contributed by atoms with Crippen LogP contribution in [0.2, 0.25) is 0 Å². The molecule has 2 aromatic carbocycles. The number of benzene rings is 2. The number of hydrogen-bond donors (Lipinski definition) is 0. The van der Waals surface area contributed by atoms with Crippen LogP contribution in [0.5, 0.6) is 0 Å². The number of rotatable bonds is 2. The van der Waals surface area contributed by atoms with Crippen molar-refractivity contribution in [2.45, 2.75) is 49.9 Å². The first kappa shape index (κ1) is 20.2. The van der Waals surface area contributed by atoms with Gasteiger partial charge in [-0.25, -0.2) is 0 Å².